The molecule has 2 rings (SSSR count). The zero-order valence-electron chi connectivity index (χ0n) is 13.7. The van der Waals surface area contributed by atoms with Crippen molar-refractivity contribution in [2.24, 2.45) is 4.99 Å². The van der Waals surface area contributed by atoms with Crippen LogP contribution in [0.15, 0.2) is 59.6 Å². The number of rotatable bonds is 6. The van der Waals surface area contributed by atoms with E-state index in [0.29, 0.717) is 5.69 Å². The van der Waals surface area contributed by atoms with Crippen LogP contribution in [-0.4, -0.2) is 20.1 Å². The zero-order chi connectivity index (χ0) is 15.8. The summed E-state index contributed by atoms with van der Waals surface area (Å²) in [6.07, 6.45) is 3.93. The molecule has 0 aliphatic heterocycles. The molecule has 2 aromatic carbocycles. The van der Waals surface area contributed by atoms with Crippen molar-refractivity contribution in [1.29, 1.82) is 0 Å². The van der Waals surface area contributed by atoms with Crippen LogP contribution in [0.1, 0.15) is 12.0 Å². The molecule has 0 saturated heterocycles. The van der Waals surface area contributed by atoms with E-state index in [-0.39, 0.29) is 31.2 Å². The molecule has 0 saturated carbocycles. The molecule has 0 bridgehead atoms. The van der Waals surface area contributed by atoms with E-state index < -0.39 is 0 Å². The van der Waals surface area contributed by atoms with Gasteiger partial charge in [0, 0.05) is 0 Å². The summed E-state index contributed by atoms with van der Waals surface area (Å²) in [6.45, 7) is 0. The molecule has 0 fully saturated rings. The van der Waals surface area contributed by atoms with Gasteiger partial charge in [0.1, 0.15) is 11.5 Å². The molecule has 114 valence electrons. The third-order valence-electron chi connectivity index (χ3n) is 3.02. The van der Waals surface area contributed by atoms with Crippen LogP contribution in [0.5, 0.6) is 11.5 Å². The predicted molar refractivity (Wildman–Crippen MR) is 86.7 cm³/mol. The zero-order valence-corrected chi connectivity index (χ0v) is 13.7. The predicted octanol–water partition coefficient (Wildman–Crippen LogP) is 0.202. The van der Waals surface area contributed by atoms with Crippen LogP contribution in [0, 0.1) is 0 Å². The van der Waals surface area contributed by atoms with Crippen molar-refractivity contribution in [1.82, 2.24) is 0 Å². The molecule has 5 heteroatoms. The molecule has 4 nitrogen and oxygen atoms in total. The summed E-state index contributed by atoms with van der Waals surface area (Å²) in [6, 6.07) is 14.7. The van der Waals surface area contributed by atoms with Crippen LogP contribution in [0.25, 0.3) is 6.08 Å². The molecule has 23 heavy (non-hydrogen) atoms. The molecule has 0 amide bonds. The largest absolute Gasteiger partial charge is 1.00 e. The maximum Gasteiger partial charge on any atom is 1.00 e. The molecule has 0 atom stereocenters. The minimum absolute atomic E-state index is 0. The van der Waals surface area contributed by atoms with Crippen molar-refractivity contribution in [3.8, 4) is 11.5 Å². The quantitative estimate of drug-likeness (QED) is 0.435. The van der Waals surface area contributed by atoms with Gasteiger partial charge in [-0.1, -0.05) is 24.3 Å². The Morgan fingerprint density at radius 2 is 1.74 bits per heavy atom. The van der Waals surface area contributed by atoms with Crippen LogP contribution in [0.4, 0.5) is 5.69 Å². The monoisotopic (exact) mass is 303 g/mol. The van der Waals surface area contributed by atoms with Crippen LogP contribution < -0.4 is 33.4 Å². The Morgan fingerprint density at radius 3 is 2.39 bits per heavy atom. The second-order valence-corrected chi connectivity index (χ2v) is 4.59. The topological polar surface area (TPSA) is 53.9 Å². The van der Waals surface area contributed by atoms with E-state index >= 15 is 0 Å². The van der Waals surface area contributed by atoms with E-state index in [2.05, 4.69) is 4.99 Å². The third-order valence-corrected chi connectivity index (χ3v) is 3.02. The van der Waals surface area contributed by atoms with Crippen molar-refractivity contribution in [2.75, 3.05) is 14.2 Å². The van der Waals surface area contributed by atoms with E-state index in [0.717, 1.165) is 17.1 Å². The molecule has 2 aromatic rings. The summed E-state index contributed by atoms with van der Waals surface area (Å²) in [5.41, 5.74) is 1.61. The first-order chi connectivity index (χ1) is 10.7. The van der Waals surface area contributed by atoms with Gasteiger partial charge in [-0.15, -0.1) is 0 Å². The third kappa shape index (κ3) is 6.23. The Labute approximate surface area is 148 Å². The van der Waals surface area contributed by atoms with Crippen molar-refractivity contribution in [3.63, 3.8) is 0 Å². The Morgan fingerprint density at radius 1 is 1.04 bits per heavy atom. The maximum atomic E-state index is 11.8. The van der Waals surface area contributed by atoms with Gasteiger partial charge >= 0.3 is 18.9 Å². The van der Waals surface area contributed by atoms with E-state index in [1.807, 2.05) is 30.3 Å². The summed E-state index contributed by atoms with van der Waals surface area (Å²) in [5, 5.41) is 11.8. The SMILES string of the molecule is COc1ccc(N=C([O-])C/C=C/c2cccc(OC)c2)cc1.[Li+]. The molecule has 0 aromatic heterocycles. The second kappa shape index (κ2) is 9.78. The summed E-state index contributed by atoms with van der Waals surface area (Å²) in [5.74, 6) is 1.34. The number of hydrogen-bond acceptors (Lipinski definition) is 4. The number of methoxy groups -OCH3 is 2. The molecule has 0 N–H and O–H groups in total. The van der Waals surface area contributed by atoms with Crippen molar-refractivity contribution in [3.05, 3.63) is 60.2 Å². The van der Waals surface area contributed by atoms with Gasteiger partial charge in [-0.25, -0.2) is 0 Å². The number of aliphatic imine (C=N–C) groups is 1. The second-order valence-electron chi connectivity index (χ2n) is 4.59. The molecule has 0 unspecified atom stereocenters. The number of nitrogens with zero attached hydrogens (tertiary/aromatic N) is 1. The molecular formula is C18H18LiNO3. The fourth-order valence-corrected chi connectivity index (χ4v) is 1.89. The number of hydrogen-bond donors (Lipinski definition) is 0. The fourth-order valence-electron chi connectivity index (χ4n) is 1.89. The van der Waals surface area contributed by atoms with Gasteiger partial charge in [0.2, 0.25) is 0 Å². The molecule has 0 heterocycles. The fraction of sp³-hybridized carbons (Fsp3) is 0.167. The first-order valence-electron chi connectivity index (χ1n) is 6.90. The van der Waals surface area contributed by atoms with Gasteiger partial charge in [-0.3, -0.25) is 4.99 Å². The molecular weight excluding hydrogens is 285 g/mol. The van der Waals surface area contributed by atoms with Crippen molar-refractivity contribution >= 4 is 17.7 Å². The van der Waals surface area contributed by atoms with Gasteiger partial charge < -0.3 is 14.6 Å². The Kier molecular flexibility index (Phi) is 8.04. The summed E-state index contributed by atoms with van der Waals surface area (Å²) in [7, 11) is 3.22. The molecule has 0 spiro atoms. The summed E-state index contributed by atoms with van der Waals surface area (Å²) in [4.78, 5) is 4.03. The first-order valence-corrected chi connectivity index (χ1v) is 6.90. The Balaban J connectivity index is 0.00000264. The first kappa shape index (κ1) is 18.9. The average molecular weight is 303 g/mol. The maximum absolute atomic E-state index is 11.8. The summed E-state index contributed by atoms with van der Waals surface area (Å²) < 4.78 is 10.2. The number of benzene rings is 2. The van der Waals surface area contributed by atoms with Gasteiger partial charge in [-0.2, -0.15) is 0 Å². The normalized spacial score (nSPS) is 11.1. The van der Waals surface area contributed by atoms with Crippen LogP contribution in [0.2, 0.25) is 0 Å². The van der Waals surface area contributed by atoms with Gasteiger partial charge in [0.15, 0.2) is 0 Å². The standard InChI is InChI=1S/C18H19NO3.Li/c1-21-16-11-9-15(10-12-16)19-18(20)8-4-6-14-5-3-7-17(13-14)22-2;/h3-7,9-13H,8H2,1-2H3,(H,19,20);/q;+1/p-1/b6-4+;. The van der Waals surface area contributed by atoms with Crippen LogP contribution >= 0.6 is 0 Å². The van der Waals surface area contributed by atoms with Crippen molar-refractivity contribution in [2.45, 2.75) is 6.42 Å². The van der Waals surface area contributed by atoms with Crippen LogP contribution in [-0.2, 0) is 0 Å². The van der Waals surface area contributed by atoms with E-state index in [4.69, 9.17) is 9.47 Å². The van der Waals surface area contributed by atoms with Gasteiger partial charge in [0.25, 0.3) is 0 Å². The Bertz CT molecular complexity index is 666. The van der Waals surface area contributed by atoms with Crippen LogP contribution in [0.3, 0.4) is 0 Å². The Hall–Kier alpha value is -2.15. The number of ether oxygens (including phenoxy) is 2. The van der Waals surface area contributed by atoms with Gasteiger partial charge in [-0.05, 0) is 54.3 Å². The van der Waals surface area contributed by atoms with E-state index in [9.17, 15) is 5.11 Å². The average Bonchev–Trinajstić information content (AvgIpc) is 2.56. The van der Waals surface area contributed by atoms with E-state index in [1.54, 1.807) is 44.6 Å². The van der Waals surface area contributed by atoms with Gasteiger partial charge in [0.05, 0.1) is 19.9 Å². The molecule has 0 aliphatic carbocycles. The molecule has 0 radical (unpaired) electrons. The van der Waals surface area contributed by atoms with E-state index in [1.165, 1.54) is 0 Å². The van der Waals surface area contributed by atoms with Crippen molar-refractivity contribution < 1.29 is 33.4 Å². The minimum atomic E-state index is -0.190. The smallest absolute Gasteiger partial charge is 0.861 e. The minimum Gasteiger partial charge on any atom is -0.861 e. The summed E-state index contributed by atoms with van der Waals surface area (Å²) >= 11 is 0. The molecule has 0 aliphatic rings.